The summed E-state index contributed by atoms with van der Waals surface area (Å²) in [6.45, 7) is 4.08. The van der Waals surface area contributed by atoms with Crippen LogP contribution in [-0.2, 0) is 0 Å². The number of hydrogen-bond donors (Lipinski definition) is 1. The second-order valence-electron chi connectivity index (χ2n) is 7.61. The Morgan fingerprint density at radius 3 is 2.42 bits per heavy atom. The minimum absolute atomic E-state index is 0.143. The summed E-state index contributed by atoms with van der Waals surface area (Å²) in [6, 6.07) is 27.8. The number of aromatic amines is 1. The fraction of sp³-hybridized carbons (Fsp3) is 0. The van der Waals surface area contributed by atoms with E-state index in [0.717, 1.165) is 44.3 Å². The van der Waals surface area contributed by atoms with E-state index in [-0.39, 0.29) is 5.56 Å². The molecule has 6 rings (SSSR count). The highest BCUT2D eigenvalue weighted by Gasteiger charge is 2.20. The molecule has 31 heavy (non-hydrogen) atoms. The summed E-state index contributed by atoms with van der Waals surface area (Å²) < 4.78 is 7.86. The lowest BCUT2D eigenvalue weighted by Crippen LogP contribution is -2.33. The Hall–Kier alpha value is -4.31. The second-order valence-corrected chi connectivity index (χ2v) is 7.61. The first kappa shape index (κ1) is 17.5. The van der Waals surface area contributed by atoms with E-state index in [4.69, 9.17) is 4.42 Å². The Morgan fingerprint density at radius 2 is 1.58 bits per heavy atom. The highest BCUT2D eigenvalue weighted by molar-refractivity contribution is 6.09. The maximum Gasteiger partial charge on any atom is 0.279 e. The summed E-state index contributed by atoms with van der Waals surface area (Å²) in [6.07, 6.45) is 1.89. The van der Waals surface area contributed by atoms with Gasteiger partial charge >= 0.3 is 0 Å². The van der Waals surface area contributed by atoms with Crippen molar-refractivity contribution in [3.63, 3.8) is 0 Å². The van der Waals surface area contributed by atoms with E-state index in [1.165, 1.54) is 4.68 Å². The molecule has 1 aliphatic heterocycles. The Labute approximate surface area is 177 Å². The molecular weight excluding hydrogens is 384 g/mol. The molecule has 0 saturated carbocycles. The van der Waals surface area contributed by atoms with E-state index >= 15 is 0 Å². The van der Waals surface area contributed by atoms with Crippen LogP contribution >= 0.6 is 0 Å². The second kappa shape index (κ2) is 6.61. The molecule has 0 fully saturated rings. The molecule has 148 valence electrons. The van der Waals surface area contributed by atoms with Gasteiger partial charge in [-0.1, -0.05) is 67.2 Å². The van der Waals surface area contributed by atoms with Gasteiger partial charge in [0, 0.05) is 16.5 Å². The molecule has 1 aromatic heterocycles. The fourth-order valence-electron chi connectivity index (χ4n) is 4.24. The zero-order valence-corrected chi connectivity index (χ0v) is 16.6. The maximum absolute atomic E-state index is 13.2. The Kier molecular flexibility index (Phi) is 3.74. The first-order valence-corrected chi connectivity index (χ1v) is 10.1. The number of nitrogens with zero attached hydrogens (tertiary/aromatic N) is 1. The summed E-state index contributed by atoms with van der Waals surface area (Å²) in [4.78, 5) is 13.2. The van der Waals surface area contributed by atoms with Crippen molar-refractivity contribution in [3.8, 4) is 17.0 Å². The Morgan fingerprint density at radius 1 is 0.871 bits per heavy atom. The third-order valence-electron chi connectivity index (χ3n) is 5.74. The van der Waals surface area contributed by atoms with Gasteiger partial charge in [-0.2, -0.15) is 0 Å². The van der Waals surface area contributed by atoms with Gasteiger partial charge in [0.15, 0.2) is 0 Å². The third kappa shape index (κ3) is 2.66. The monoisotopic (exact) mass is 402 g/mol. The van der Waals surface area contributed by atoms with Crippen molar-refractivity contribution in [1.82, 2.24) is 9.78 Å². The average molecular weight is 402 g/mol. The summed E-state index contributed by atoms with van der Waals surface area (Å²) in [5, 5.41) is 7.37. The van der Waals surface area contributed by atoms with Gasteiger partial charge in [-0.25, -0.2) is 4.68 Å². The van der Waals surface area contributed by atoms with Crippen molar-refractivity contribution in [2.75, 3.05) is 0 Å². The van der Waals surface area contributed by atoms with Crippen LogP contribution in [0.15, 0.2) is 94.1 Å². The molecule has 2 aliphatic rings. The highest BCUT2D eigenvalue weighted by atomic mass is 16.3. The number of hydrogen-bond acceptors (Lipinski definition) is 2. The number of aromatic nitrogens is 2. The quantitative estimate of drug-likeness (QED) is 0.466. The molecule has 3 aromatic carbocycles. The first-order chi connectivity index (χ1) is 15.2. The standard InChI is InChI=1S/C27H18N2O2/c1-17-22(27(30)29(28-17)19-10-3-2-4-11-19)16-24-21-13-7-6-12-20(21)23-15-18-9-5-8-14-25(18)31-26(23)24/h2-16,28H,1H2/b22-16-. The van der Waals surface area contributed by atoms with Crippen LogP contribution in [0.2, 0.25) is 0 Å². The zero-order chi connectivity index (χ0) is 20.9. The summed E-state index contributed by atoms with van der Waals surface area (Å²) >= 11 is 0. The third-order valence-corrected chi connectivity index (χ3v) is 5.74. The normalized spacial score (nSPS) is 12.3. The lowest BCUT2D eigenvalue weighted by Gasteiger charge is -2.04. The molecule has 0 unspecified atom stereocenters. The number of para-hydroxylation sites is 2. The molecule has 0 amide bonds. The highest BCUT2D eigenvalue weighted by Crippen LogP contribution is 2.41. The van der Waals surface area contributed by atoms with Crippen LogP contribution in [-0.4, -0.2) is 9.78 Å². The molecule has 1 N–H and O–H groups in total. The SMILES string of the molecule is C=c1[nH]n(-c2ccccc2)c(=O)/c1=C\c1c2oc3ccccc3cc-2c2ccccc12. The Bertz CT molecular complexity index is 1720. The molecule has 2 heterocycles. The van der Waals surface area contributed by atoms with Gasteiger partial charge in [-0.3, -0.25) is 9.89 Å². The Balaban J connectivity index is 1.70. The minimum atomic E-state index is -0.143. The van der Waals surface area contributed by atoms with Gasteiger partial charge in [0.25, 0.3) is 5.56 Å². The van der Waals surface area contributed by atoms with Crippen molar-refractivity contribution >= 4 is 34.4 Å². The zero-order valence-electron chi connectivity index (χ0n) is 16.6. The molecule has 0 saturated heterocycles. The number of nitrogens with one attached hydrogen (secondary N) is 1. The smallest absolute Gasteiger partial charge is 0.279 e. The maximum atomic E-state index is 13.2. The predicted molar refractivity (Wildman–Crippen MR) is 125 cm³/mol. The van der Waals surface area contributed by atoms with E-state index in [2.05, 4.69) is 29.9 Å². The molecule has 0 atom stereocenters. The predicted octanol–water partition coefficient (Wildman–Crippen LogP) is 4.41. The number of fused-ring (bicyclic) bond motifs is 4. The molecule has 4 nitrogen and oxygen atoms in total. The summed E-state index contributed by atoms with van der Waals surface area (Å²) in [5.74, 6) is 0.770. The molecule has 1 aliphatic carbocycles. The molecule has 4 heteroatoms. The van der Waals surface area contributed by atoms with Gasteiger partial charge in [0.05, 0.1) is 16.3 Å². The lowest BCUT2D eigenvalue weighted by molar-refractivity contribution is 0.621. The number of H-pyrrole nitrogens is 1. The topological polar surface area (TPSA) is 50.9 Å². The van der Waals surface area contributed by atoms with Crippen LogP contribution in [0.4, 0.5) is 0 Å². The molecular formula is C27H18N2O2. The van der Waals surface area contributed by atoms with Crippen LogP contribution in [0.25, 0.3) is 51.4 Å². The van der Waals surface area contributed by atoms with E-state index in [1.54, 1.807) is 0 Å². The van der Waals surface area contributed by atoms with Crippen LogP contribution in [0.1, 0.15) is 5.56 Å². The first-order valence-electron chi connectivity index (χ1n) is 10.1. The summed E-state index contributed by atoms with van der Waals surface area (Å²) in [7, 11) is 0. The molecule has 0 radical (unpaired) electrons. The lowest BCUT2D eigenvalue weighted by atomic mass is 10.1. The molecule has 0 spiro atoms. The number of rotatable bonds is 2. The fourth-order valence-corrected chi connectivity index (χ4v) is 4.24. The van der Waals surface area contributed by atoms with Gasteiger partial charge in [0.1, 0.15) is 11.3 Å². The van der Waals surface area contributed by atoms with Gasteiger partial charge in [-0.15, -0.1) is 0 Å². The van der Waals surface area contributed by atoms with Crippen LogP contribution in [0.3, 0.4) is 0 Å². The van der Waals surface area contributed by atoms with E-state index in [1.807, 2.05) is 72.8 Å². The van der Waals surface area contributed by atoms with E-state index in [9.17, 15) is 4.79 Å². The van der Waals surface area contributed by atoms with E-state index in [0.29, 0.717) is 10.6 Å². The molecule has 0 bridgehead atoms. The van der Waals surface area contributed by atoms with Crippen molar-refractivity contribution in [2.45, 2.75) is 0 Å². The van der Waals surface area contributed by atoms with Crippen molar-refractivity contribution in [2.24, 2.45) is 0 Å². The van der Waals surface area contributed by atoms with Crippen molar-refractivity contribution in [1.29, 1.82) is 0 Å². The van der Waals surface area contributed by atoms with Gasteiger partial charge in [-0.05, 0) is 41.1 Å². The number of benzene rings is 3. The van der Waals surface area contributed by atoms with Gasteiger partial charge < -0.3 is 4.42 Å². The van der Waals surface area contributed by atoms with Gasteiger partial charge in [0.2, 0.25) is 0 Å². The summed E-state index contributed by atoms with van der Waals surface area (Å²) in [5.41, 5.74) is 3.36. The average Bonchev–Trinajstić information content (AvgIpc) is 3.27. The van der Waals surface area contributed by atoms with Crippen molar-refractivity contribution < 1.29 is 4.42 Å². The van der Waals surface area contributed by atoms with Crippen LogP contribution < -0.4 is 16.1 Å². The van der Waals surface area contributed by atoms with Crippen molar-refractivity contribution in [3.05, 3.63) is 111 Å². The van der Waals surface area contributed by atoms with E-state index < -0.39 is 0 Å². The van der Waals surface area contributed by atoms with Crippen LogP contribution in [0, 0.1) is 0 Å². The largest absolute Gasteiger partial charge is 0.455 e. The minimum Gasteiger partial charge on any atom is -0.455 e. The van der Waals surface area contributed by atoms with Crippen LogP contribution in [0.5, 0.6) is 0 Å². The molecule has 4 aromatic rings.